The maximum Gasteiger partial charge on any atom is 0.224 e. The molecule has 0 radical (unpaired) electrons. The predicted molar refractivity (Wildman–Crippen MR) is 102 cm³/mol. The average Bonchev–Trinajstić information content (AvgIpc) is 3.12. The zero-order valence-electron chi connectivity index (χ0n) is 15.6. The van der Waals surface area contributed by atoms with Crippen molar-refractivity contribution in [3.05, 3.63) is 47.7 Å². The molecule has 1 aliphatic rings. The Kier molecular flexibility index (Phi) is 6.03. The number of nitrogens with one attached hydrogen (secondary N) is 1. The molecule has 1 saturated heterocycles. The lowest BCUT2D eigenvalue weighted by Gasteiger charge is -2.23. The van der Waals surface area contributed by atoms with Gasteiger partial charge in [0.05, 0.1) is 18.8 Å². The molecule has 3 rings (SSSR count). The molecule has 0 aliphatic carbocycles. The molecule has 0 spiro atoms. The SMILES string of the molecule is CO[C@@H]1CN(c2ccnc(NCc3ccccc3CO)n2)C[C@@H]1N(C)C. The number of anilines is 2. The van der Waals surface area contributed by atoms with Crippen LogP contribution < -0.4 is 10.2 Å². The summed E-state index contributed by atoms with van der Waals surface area (Å²) in [5, 5.41) is 12.7. The van der Waals surface area contributed by atoms with Gasteiger partial charge in [-0.3, -0.25) is 0 Å². The Labute approximate surface area is 154 Å². The number of likely N-dealkylation sites (N-methyl/N-ethyl adjacent to an activating group) is 1. The minimum absolute atomic E-state index is 0.0247. The van der Waals surface area contributed by atoms with Gasteiger partial charge in [0.15, 0.2) is 0 Å². The van der Waals surface area contributed by atoms with Gasteiger partial charge >= 0.3 is 0 Å². The molecular weight excluding hydrogens is 330 g/mol. The Bertz CT molecular complexity index is 725. The van der Waals surface area contributed by atoms with Crippen LogP contribution in [-0.2, 0) is 17.9 Å². The topological polar surface area (TPSA) is 73.8 Å². The molecule has 0 unspecified atom stereocenters. The molecule has 2 heterocycles. The first-order valence-corrected chi connectivity index (χ1v) is 8.81. The second kappa shape index (κ2) is 8.44. The zero-order chi connectivity index (χ0) is 18.5. The van der Waals surface area contributed by atoms with Crippen LogP contribution in [0.5, 0.6) is 0 Å². The van der Waals surface area contributed by atoms with Crippen LogP contribution in [0.3, 0.4) is 0 Å². The Morgan fingerprint density at radius 2 is 2.00 bits per heavy atom. The first-order chi connectivity index (χ1) is 12.6. The summed E-state index contributed by atoms with van der Waals surface area (Å²) < 4.78 is 5.63. The summed E-state index contributed by atoms with van der Waals surface area (Å²) in [5.74, 6) is 1.47. The third-order valence-corrected chi connectivity index (χ3v) is 4.89. The lowest BCUT2D eigenvalue weighted by molar-refractivity contribution is 0.0639. The van der Waals surface area contributed by atoms with Gasteiger partial charge in [-0.05, 0) is 31.3 Å². The standard InChI is InChI=1S/C19H27N5O2/c1-23(2)16-11-24(12-17(16)26-3)18-8-9-20-19(22-18)21-10-14-6-4-5-7-15(14)13-25/h4-9,16-17,25H,10-13H2,1-3H3,(H,20,21,22)/t16-,17+/m0/s1. The van der Waals surface area contributed by atoms with Crippen molar-refractivity contribution in [1.82, 2.24) is 14.9 Å². The van der Waals surface area contributed by atoms with Crippen molar-refractivity contribution in [1.29, 1.82) is 0 Å². The van der Waals surface area contributed by atoms with Crippen molar-refractivity contribution in [3.8, 4) is 0 Å². The highest BCUT2D eigenvalue weighted by Gasteiger charge is 2.34. The van der Waals surface area contributed by atoms with E-state index in [2.05, 4.69) is 39.2 Å². The minimum Gasteiger partial charge on any atom is -0.392 e. The summed E-state index contributed by atoms with van der Waals surface area (Å²) in [6.45, 7) is 2.27. The van der Waals surface area contributed by atoms with E-state index in [1.165, 1.54) is 0 Å². The average molecular weight is 357 g/mol. The summed E-state index contributed by atoms with van der Waals surface area (Å²) >= 11 is 0. The van der Waals surface area contributed by atoms with E-state index in [-0.39, 0.29) is 12.7 Å². The Morgan fingerprint density at radius 1 is 1.23 bits per heavy atom. The van der Waals surface area contributed by atoms with E-state index in [1.54, 1.807) is 13.3 Å². The minimum atomic E-state index is 0.0247. The molecular formula is C19H27N5O2. The van der Waals surface area contributed by atoms with Crippen LogP contribution in [-0.4, -0.2) is 66.4 Å². The number of aliphatic hydroxyl groups is 1. The van der Waals surface area contributed by atoms with Gasteiger partial charge in [-0.1, -0.05) is 24.3 Å². The van der Waals surface area contributed by atoms with E-state index in [4.69, 9.17) is 4.74 Å². The molecule has 2 aromatic rings. The van der Waals surface area contributed by atoms with Gasteiger partial charge in [0.2, 0.25) is 5.95 Å². The predicted octanol–water partition coefficient (Wildman–Crippen LogP) is 1.35. The monoisotopic (exact) mass is 357 g/mol. The molecule has 7 heteroatoms. The largest absolute Gasteiger partial charge is 0.392 e. The van der Waals surface area contributed by atoms with E-state index in [9.17, 15) is 5.11 Å². The quantitative estimate of drug-likeness (QED) is 0.775. The first kappa shape index (κ1) is 18.6. The first-order valence-electron chi connectivity index (χ1n) is 8.81. The van der Waals surface area contributed by atoms with E-state index in [1.807, 2.05) is 30.3 Å². The summed E-state index contributed by atoms with van der Waals surface area (Å²) in [7, 11) is 5.91. The second-order valence-corrected chi connectivity index (χ2v) is 6.73. The van der Waals surface area contributed by atoms with Gasteiger partial charge in [0, 0.05) is 32.9 Å². The Morgan fingerprint density at radius 3 is 2.65 bits per heavy atom. The number of aromatic nitrogens is 2. The molecule has 0 bridgehead atoms. The lowest BCUT2D eigenvalue weighted by Crippen LogP contribution is -2.39. The zero-order valence-corrected chi connectivity index (χ0v) is 15.6. The fourth-order valence-corrected chi connectivity index (χ4v) is 3.34. The molecule has 0 amide bonds. The van der Waals surface area contributed by atoms with Gasteiger partial charge in [-0.25, -0.2) is 4.98 Å². The van der Waals surface area contributed by atoms with Crippen molar-refractivity contribution in [2.75, 3.05) is 44.5 Å². The molecule has 1 aliphatic heterocycles. The van der Waals surface area contributed by atoms with Crippen LogP contribution in [0.1, 0.15) is 11.1 Å². The molecule has 1 aromatic carbocycles. The maximum atomic E-state index is 9.44. The maximum absolute atomic E-state index is 9.44. The molecule has 1 aromatic heterocycles. The van der Waals surface area contributed by atoms with E-state index >= 15 is 0 Å². The highest BCUT2D eigenvalue weighted by molar-refractivity contribution is 5.45. The number of hydrogen-bond donors (Lipinski definition) is 2. The number of nitrogens with zero attached hydrogens (tertiary/aromatic N) is 4. The number of ether oxygens (including phenoxy) is 1. The van der Waals surface area contributed by atoms with Crippen LogP contribution >= 0.6 is 0 Å². The second-order valence-electron chi connectivity index (χ2n) is 6.73. The summed E-state index contributed by atoms with van der Waals surface area (Å²) in [4.78, 5) is 13.4. The molecule has 140 valence electrons. The van der Waals surface area contributed by atoms with Gasteiger partial charge in [-0.2, -0.15) is 4.98 Å². The lowest BCUT2D eigenvalue weighted by atomic mass is 10.1. The normalized spacial score (nSPS) is 20.0. The number of methoxy groups -OCH3 is 1. The van der Waals surface area contributed by atoms with Crippen molar-refractivity contribution in [2.45, 2.75) is 25.3 Å². The van der Waals surface area contributed by atoms with Gasteiger partial charge in [0.1, 0.15) is 5.82 Å². The van der Waals surface area contributed by atoms with Gasteiger partial charge < -0.3 is 25.0 Å². The smallest absolute Gasteiger partial charge is 0.224 e. The van der Waals surface area contributed by atoms with E-state index < -0.39 is 0 Å². The van der Waals surface area contributed by atoms with Crippen LogP contribution in [0.25, 0.3) is 0 Å². The molecule has 1 fully saturated rings. The third-order valence-electron chi connectivity index (χ3n) is 4.89. The fourth-order valence-electron chi connectivity index (χ4n) is 3.34. The highest BCUT2D eigenvalue weighted by atomic mass is 16.5. The molecule has 26 heavy (non-hydrogen) atoms. The number of aliphatic hydroxyl groups excluding tert-OH is 1. The molecule has 2 atom stereocenters. The molecule has 2 N–H and O–H groups in total. The van der Waals surface area contributed by atoms with Crippen molar-refractivity contribution >= 4 is 11.8 Å². The number of benzene rings is 1. The fraction of sp³-hybridized carbons (Fsp3) is 0.474. The molecule has 7 nitrogen and oxygen atoms in total. The van der Waals surface area contributed by atoms with Crippen LogP contribution in [0.15, 0.2) is 36.5 Å². The van der Waals surface area contributed by atoms with Crippen LogP contribution in [0.4, 0.5) is 11.8 Å². The van der Waals surface area contributed by atoms with Crippen molar-refractivity contribution in [2.24, 2.45) is 0 Å². The Hall–Kier alpha value is -2.22. The van der Waals surface area contributed by atoms with Crippen LogP contribution in [0, 0.1) is 0 Å². The van der Waals surface area contributed by atoms with Crippen molar-refractivity contribution in [3.63, 3.8) is 0 Å². The highest BCUT2D eigenvalue weighted by Crippen LogP contribution is 2.23. The summed E-state index contributed by atoms with van der Waals surface area (Å²) in [6, 6.07) is 10.1. The van der Waals surface area contributed by atoms with E-state index in [0.717, 1.165) is 30.0 Å². The molecule has 0 saturated carbocycles. The third kappa shape index (κ3) is 4.12. The van der Waals surface area contributed by atoms with Crippen LogP contribution in [0.2, 0.25) is 0 Å². The number of hydrogen-bond acceptors (Lipinski definition) is 7. The van der Waals surface area contributed by atoms with E-state index in [0.29, 0.717) is 18.5 Å². The van der Waals surface area contributed by atoms with Crippen molar-refractivity contribution < 1.29 is 9.84 Å². The summed E-state index contributed by atoms with van der Waals surface area (Å²) in [5.41, 5.74) is 1.95. The van der Waals surface area contributed by atoms with Gasteiger partial charge in [-0.15, -0.1) is 0 Å². The Balaban J connectivity index is 1.69. The van der Waals surface area contributed by atoms with Gasteiger partial charge in [0.25, 0.3) is 0 Å². The summed E-state index contributed by atoms with van der Waals surface area (Å²) in [6.07, 6.45) is 1.93. The number of rotatable bonds is 7.